The standard InChI is InChI=1S/C15H14BrF2NS/c1-9(19)15(10-2-4-11(16)5-3-10)20-14-7-6-12(17)8-13(14)18/h2-9,15H,19H2,1H3. The van der Waals surface area contributed by atoms with Gasteiger partial charge >= 0.3 is 0 Å². The lowest BCUT2D eigenvalue weighted by Gasteiger charge is -2.21. The van der Waals surface area contributed by atoms with E-state index in [1.807, 2.05) is 31.2 Å². The molecule has 2 unspecified atom stereocenters. The molecule has 0 aromatic heterocycles. The van der Waals surface area contributed by atoms with E-state index in [0.29, 0.717) is 4.90 Å². The van der Waals surface area contributed by atoms with Crippen LogP contribution < -0.4 is 5.73 Å². The van der Waals surface area contributed by atoms with E-state index in [4.69, 9.17) is 5.73 Å². The van der Waals surface area contributed by atoms with Gasteiger partial charge in [-0.15, -0.1) is 11.8 Å². The molecule has 2 aromatic rings. The van der Waals surface area contributed by atoms with Crippen molar-refractivity contribution < 1.29 is 8.78 Å². The number of hydrogen-bond acceptors (Lipinski definition) is 2. The zero-order chi connectivity index (χ0) is 14.7. The Bertz CT molecular complexity index is 587. The molecule has 0 saturated carbocycles. The van der Waals surface area contributed by atoms with Crippen molar-refractivity contribution in [1.82, 2.24) is 0 Å². The number of nitrogens with two attached hydrogens (primary N) is 1. The van der Waals surface area contributed by atoms with Gasteiger partial charge in [0.1, 0.15) is 11.6 Å². The van der Waals surface area contributed by atoms with Crippen molar-refractivity contribution in [2.75, 3.05) is 0 Å². The van der Waals surface area contributed by atoms with Gasteiger partial charge in [0.2, 0.25) is 0 Å². The van der Waals surface area contributed by atoms with Crippen molar-refractivity contribution >= 4 is 27.7 Å². The Labute approximate surface area is 129 Å². The molecule has 5 heteroatoms. The lowest BCUT2D eigenvalue weighted by molar-refractivity contribution is 0.565. The summed E-state index contributed by atoms with van der Waals surface area (Å²) >= 11 is 4.69. The first-order chi connectivity index (χ1) is 9.47. The molecule has 0 amide bonds. The Kier molecular flexibility index (Phi) is 5.18. The molecule has 0 saturated heterocycles. The van der Waals surface area contributed by atoms with Crippen LogP contribution in [0, 0.1) is 11.6 Å². The zero-order valence-electron chi connectivity index (χ0n) is 10.8. The highest BCUT2D eigenvalue weighted by Gasteiger charge is 2.19. The molecular formula is C15H14BrF2NS. The summed E-state index contributed by atoms with van der Waals surface area (Å²) in [4.78, 5) is 0.400. The van der Waals surface area contributed by atoms with Crippen molar-refractivity contribution in [2.45, 2.75) is 23.1 Å². The summed E-state index contributed by atoms with van der Waals surface area (Å²) in [7, 11) is 0. The van der Waals surface area contributed by atoms with Gasteiger partial charge in [-0.1, -0.05) is 28.1 Å². The van der Waals surface area contributed by atoms with Gasteiger partial charge in [0.25, 0.3) is 0 Å². The third-order valence-electron chi connectivity index (χ3n) is 2.82. The molecule has 2 N–H and O–H groups in total. The van der Waals surface area contributed by atoms with E-state index < -0.39 is 11.6 Å². The highest BCUT2D eigenvalue weighted by Crippen LogP contribution is 2.38. The molecule has 106 valence electrons. The van der Waals surface area contributed by atoms with Crippen LogP contribution in [0.5, 0.6) is 0 Å². The van der Waals surface area contributed by atoms with Gasteiger partial charge < -0.3 is 5.73 Å². The van der Waals surface area contributed by atoms with Crippen molar-refractivity contribution in [3.8, 4) is 0 Å². The molecule has 2 aromatic carbocycles. The maximum Gasteiger partial charge on any atom is 0.139 e. The smallest absolute Gasteiger partial charge is 0.139 e. The number of rotatable bonds is 4. The van der Waals surface area contributed by atoms with Crippen molar-refractivity contribution in [3.63, 3.8) is 0 Å². The van der Waals surface area contributed by atoms with Crippen LogP contribution in [0.1, 0.15) is 17.7 Å². The zero-order valence-corrected chi connectivity index (χ0v) is 13.2. The lowest BCUT2D eigenvalue weighted by Crippen LogP contribution is -2.22. The minimum absolute atomic E-state index is 0.0944. The monoisotopic (exact) mass is 357 g/mol. The number of hydrogen-bond donors (Lipinski definition) is 1. The number of halogens is 3. The molecular weight excluding hydrogens is 344 g/mol. The van der Waals surface area contributed by atoms with Gasteiger partial charge in [-0.2, -0.15) is 0 Å². The molecule has 2 atom stereocenters. The fourth-order valence-corrected chi connectivity index (χ4v) is 3.20. The second-order valence-electron chi connectivity index (χ2n) is 4.52. The third-order valence-corrected chi connectivity index (χ3v) is 4.89. The van der Waals surface area contributed by atoms with E-state index in [9.17, 15) is 8.78 Å². The van der Waals surface area contributed by atoms with E-state index in [1.165, 1.54) is 23.9 Å². The topological polar surface area (TPSA) is 26.0 Å². The van der Waals surface area contributed by atoms with Crippen LogP contribution in [-0.4, -0.2) is 6.04 Å². The number of thioether (sulfide) groups is 1. The van der Waals surface area contributed by atoms with Crippen LogP contribution >= 0.6 is 27.7 Å². The SMILES string of the molecule is CC(N)C(Sc1ccc(F)cc1F)c1ccc(Br)cc1. The summed E-state index contributed by atoms with van der Waals surface area (Å²) in [6, 6.07) is 11.2. The van der Waals surface area contributed by atoms with Crippen LogP contribution in [0.25, 0.3) is 0 Å². The average molecular weight is 358 g/mol. The first kappa shape index (κ1) is 15.5. The molecule has 0 spiro atoms. The van der Waals surface area contributed by atoms with E-state index in [-0.39, 0.29) is 11.3 Å². The van der Waals surface area contributed by atoms with E-state index in [0.717, 1.165) is 16.1 Å². The quantitative estimate of drug-likeness (QED) is 0.786. The van der Waals surface area contributed by atoms with E-state index in [2.05, 4.69) is 15.9 Å². The number of benzene rings is 2. The predicted octanol–water partition coefficient (Wildman–Crippen LogP) is 4.91. The van der Waals surface area contributed by atoms with Gasteiger partial charge in [0, 0.05) is 26.7 Å². The van der Waals surface area contributed by atoms with Crippen molar-refractivity contribution in [2.24, 2.45) is 5.73 Å². The molecule has 0 aliphatic rings. The first-order valence-corrected chi connectivity index (χ1v) is 7.77. The minimum atomic E-state index is -0.576. The second-order valence-corrected chi connectivity index (χ2v) is 6.62. The predicted molar refractivity (Wildman–Crippen MR) is 82.7 cm³/mol. The fraction of sp³-hybridized carbons (Fsp3) is 0.200. The Balaban J connectivity index is 2.28. The van der Waals surface area contributed by atoms with E-state index >= 15 is 0 Å². The Hall–Kier alpha value is -0.910. The molecule has 0 heterocycles. The van der Waals surface area contributed by atoms with Gasteiger partial charge in [-0.3, -0.25) is 0 Å². The van der Waals surface area contributed by atoms with Crippen LogP contribution in [0.15, 0.2) is 51.8 Å². The summed E-state index contributed by atoms with van der Waals surface area (Å²) in [5, 5.41) is -0.0944. The summed E-state index contributed by atoms with van der Waals surface area (Å²) in [5.74, 6) is -1.13. The molecule has 0 aliphatic heterocycles. The molecule has 2 rings (SSSR count). The third kappa shape index (κ3) is 3.81. The van der Waals surface area contributed by atoms with Gasteiger partial charge in [0.05, 0.1) is 0 Å². The minimum Gasteiger partial charge on any atom is -0.327 e. The molecule has 0 bridgehead atoms. The van der Waals surface area contributed by atoms with Crippen LogP contribution in [0.2, 0.25) is 0 Å². The van der Waals surface area contributed by atoms with Crippen LogP contribution in [0.3, 0.4) is 0 Å². The molecule has 20 heavy (non-hydrogen) atoms. The average Bonchev–Trinajstić information content (AvgIpc) is 2.39. The second kappa shape index (κ2) is 6.70. The van der Waals surface area contributed by atoms with Crippen LogP contribution in [-0.2, 0) is 0 Å². The fourth-order valence-electron chi connectivity index (χ4n) is 1.84. The molecule has 0 radical (unpaired) electrons. The first-order valence-electron chi connectivity index (χ1n) is 6.10. The lowest BCUT2D eigenvalue weighted by atomic mass is 10.1. The summed E-state index contributed by atoms with van der Waals surface area (Å²) < 4.78 is 27.7. The molecule has 0 fully saturated rings. The highest BCUT2D eigenvalue weighted by molar-refractivity contribution is 9.10. The van der Waals surface area contributed by atoms with E-state index in [1.54, 1.807) is 0 Å². The maximum atomic E-state index is 13.7. The largest absolute Gasteiger partial charge is 0.327 e. The summed E-state index contributed by atoms with van der Waals surface area (Å²) in [6.45, 7) is 1.88. The van der Waals surface area contributed by atoms with Gasteiger partial charge in [-0.25, -0.2) is 8.78 Å². The molecule has 0 aliphatic carbocycles. The Morgan fingerprint density at radius 2 is 1.75 bits per heavy atom. The Morgan fingerprint density at radius 3 is 2.30 bits per heavy atom. The van der Waals surface area contributed by atoms with Crippen molar-refractivity contribution in [3.05, 3.63) is 64.1 Å². The van der Waals surface area contributed by atoms with Gasteiger partial charge in [0.15, 0.2) is 0 Å². The summed E-state index contributed by atoms with van der Waals surface area (Å²) in [6.07, 6.45) is 0. The highest BCUT2D eigenvalue weighted by atomic mass is 79.9. The normalized spacial score (nSPS) is 14.1. The maximum absolute atomic E-state index is 13.7. The van der Waals surface area contributed by atoms with Crippen LogP contribution in [0.4, 0.5) is 8.78 Å². The van der Waals surface area contributed by atoms with Gasteiger partial charge in [-0.05, 0) is 36.8 Å². The summed E-state index contributed by atoms with van der Waals surface area (Å²) in [5.41, 5.74) is 7.02. The van der Waals surface area contributed by atoms with Crippen molar-refractivity contribution in [1.29, 1.82) is 0 Å². The Morgan fingerprint density at radius 1 is 1.10 bits per heavy atom. The molecule has 1 nitrogen and oxygen atoms in total.